The summed E-state index contributed by atoms with van der Waals surface area (Å²) in [5.41, 5.74) is 4.15. The predicted molar refractivity (Wildman–Crippen MR) is 114 cm³/mol. The highest BCUT2D eigenvalue weighted by Gasteiger charge is 2.25. The van der Waals surface area contributed by atoms with Gasteiger partial charge in [-0.05, 0) is 28.3 Å². The summed E-state index contributed by atoms with van der Waals surface area (Å²) in [4.78, 5) is 0. The van der Waals surface area contributed by atoms with Gasteiger partial charge in [-0.25, -0.2) is 4.39 Å². The molecule has 0 aliphatic heterocycles. The van der Waals surface area contributed by atoms with Crippen LogP contribution in [-0.4, -0.2) is 17.4 Å². The first-order valence-electron chi connectivity index (χ1n) is 9.20. The number of halogens is 1. The fourth-order valence-corrected chi connectivity index (χ4v) is 3.46. The van der Waals surface area contributed by atoms with Crippen molar-refractivity contribution in [3.05, 3.63) is 103 Å². The van der Waals surface area contributed by atoms with Gasteiger partial charge >= 0.3 is 7.32 Å². The van der Waals surface area contributed by atoms with Gasteiger partial charge in [0.15, 0.2) is 5.82 Å². The first-order valence-corrected chi connectivity index (χ1v) is 9.20. The Morgan fingerprint density at radius 1 is 0.621 bits per heavy atom. The fourth-order valence-electron chi connectivity index (χ4n) is 3.46. The van der Waals surface area contributed by atoms with Crippen LogP contribution in [0.4, 0.5) is 4.39 Å². The van der Waals surface area contributed by atoms with Gasteiger partial charge in [-0.2, -0.15) is 0 Å². The molecule has 29 heavy (non-hydrogen) atoms. The summed E-state index contributed by atoms with van der Waals surface area (Å²) in [5.74, 6) is -0.875. The second-order valence-electron chi connectivity index (χ2n) is 6.53. The van der Waals surface area contributed by atoms with Crippen molar-refractivity contribution >= 4 is 7.32 Å². The smallest absolute Gasteiger partial charge is 0.510 e. The Labute approximate surface area is 168 Å². The molecule has 4 rings (SSSR count). The molecule has 4 aromatic rings. The molecule has 3 nitrogen and oxygen atoms in total. The lowest BCUT2D eigenvalue weighted by molar-refractivity contribution is 0.282. The lowest BCUT2D eigenvalue weighted by atomic mass is 9.86. The lowest BCUT2D eigenvalue weighted by Gasteiger charge is -2.20. The average Bonchev–Trinajstić information content (AvgIpc) is 2.76. The number of benzene rings is 4. The minimum Gasteiger partial charge on any atom is -0.510 e. The van der Waals surface area contributed by atoms with Crippen LogP contribution in [0, 0.1) is 5.82 Å². The van der Waals surface area contributed by atoms with E-state index >= 15 is 4.39 Å². The van der Waals surface area contributed by atoms with Crippen LogP contribution in [0.25, 0.3) is 33.4 Å². The Kier molecular flexibility index (Phi) is 5.43. The van der Waals surface area contributed by atoms with E-state index in [1.807, 2.05) is 91.0 Å². The van der Waals surface area contributed by atoms with E-state index in [1.54, 1.807) is 0 Å². The van der Waals surface area contributed by atoms with Crippen molar-refractivity contribution in [3.63, 3.8) is 0 Å². The molecule has 142 valence electrons. The zero-order valence-electron chi connectivity index (χ0n) is 15.5. The predicted octanol–water partition coefficient (Wildman–Crippen LogP) is 5.18. The normalized spacial score (nSPS) is 10.6. The zero-order valence-corrected chi connectivity index (χ0v) is 15.5. The van der Waals surface area contributed by atoms with Crippen LogP contribution in [0.15, 0.2) is 97.1 Å². The van der Waals surface area contributed by atoms with Gasteiger partial charge in [-0.15, -0.1) is 0 Å². The van der Waals surface area contributed by atoms with Crippen molar-refractivity contribution in [2.24, 2.45) is 0 Å². The first kappa shape index (κ1) is 18.9. The molecule has 0 bridgehead atoms. The number of rotatable bonds is 5. The first-order chi connectivity index (χ1) is 14.1. The minimum absolute atomic E-state index is 0.225. The molecule has 5 heteroatoms. The highest BCUT2D eigenvalue weighted by atomic mass is 19.1. The quantitative estimate of drug-likeness (QED) is 0.467. The molecule has 0 atom stereocenters. The topological polar surface area (TPSA) is 49.7 Å². The Bertz CT molecular complexity index is 1100. The van der Waals surface area contributed by atoms with Gasteiger partial charge in [0.2, 0.25) is 0 Å². The summed E-state index contributed by atoms with van der Waals surface area (Å²) in [6.45, 7) is 0. The summed E-state index contributed by atoms with van der Waals surface area (Å²) in [6.07, 6.45) is 0. The Balaban J connectivity index is 2.11. The highest BCUT2D eigenvalue weighted by molar-refractivity contribution is 6.33. The molecule has 0 aliphatic rings. The van der Waals surface area contributed by atoms with Crippen LogP contribution in [0.3, 0.4) is 0 Å². The van der Waals surface area contributed by atoms with E-state index in [4.69, 9.17) is 4.65 Å². The van der Waals surface area contributed by atoms with Crippen LogP contribution in [-0.2, 0) is 0 Å². The van der Waals surface area contributed by atoms with Gasteiger partial charge in [0, 0.05) is 11.1 Å². The highest BCUT2D eigenvalue weighted by Crippen LogP contribution is 2.45. The maximum Gasteiger partial charge on any atom is 0.707 e. The van der Waals surface area contributed by atoms with Gasteiger partial charge < -0.3 is 14.7 Å². The Morgan fingerprint density at radius 2 is 1.07 bits per heavy atom. The maximum absolute atomic E-state index is 15.6. The summed E-state index contributed by atoms with van der Waals surface area (Å²) in [6, 6.07) is 29.8. The maximum atomic E-state index is 15.6. The van der Waals surface area contributed by atoms with Crippen molar-refractivity contribution in [3.8, 4) is 39.1 Å². The lowest BCUT2D eigenvalue weighted by Crippen LogP contribution is -2.21. The molecule has 0 saturated carbocycles. The molecular weight excluding hydrogens is 366 g/mol. The minimum atomic E-state index is -2.13. The van der Waals surface area contributed by atoms with Gasteiger partial charge in [0.05, 0.1) is 0 Å². The van der Waals surface area contributed by atoms with Crippen LogP contribution in [0.5, 0.6) is 5.75 Å². The fraction of sp³-hybridized carbons (Fsp3) is 0. The summed E-state index contributed by atoms with van der Waals surface area (Å²) >= 11 is 0. The largest absolute Gasteiger partial charge is 0.707 e. The van der Waals surface area contributed by atoms with E-state index in [0.717, 1.165) is 16.7 Å². The average molecular weight is 384 g/mol. The van der Waals surface area contributed by atoms with Crippen molar-refractivity contribution in [1.29, 1.82) is 0 Å². The Hall–Kier alpha value is -3.41. The van der Waals surface area contributed by atoms with Crippen molar-refractivity contribution < 1.29 is 19.1 Å². The zero-order chi connectivity index (χ0) is 20.2. The molecular formula is C24H18BFO3. The number of hydrogen-bond donors (Lipinski definition) is 2. The van der Waals surface area contributed by atoms with E-state index in [2.05, 4.69) is 0 Å². The second-order valence-corrected chi connectivity index (χ2v) is 6.53. The van der Waals surface area contributed by atoms with Crippen molar-refractivity contribution in [2.45, 2.75) is 0 Å². The molecule has 0 heterocycles. The van der Waals surface area contributed by atoms with E-state index < -0.39 is 13.1 Å². The van der Waals surface area contributed by atoms with Gasteiger partial charge in [-0.1, -0.05) is 91.0 Å². The SMILES string of the molecule is OB(O)Oc1cc(-c2ccccc2)c(-c2ccccc2)c(-c2ccccc2)c1F. The molecule has 0 radical (unpaired) electrons. The molecule has 2 N–H and O–H groups in total. The monoisotopic (exact) mass is 384 g/mol. The second kappa shape index (κ2) is 8.31. The van der Waals surface area contributed by atoms with Gasteiger partial charge in [-0.3, -0.25) is 0 Å². The third-order valence-corrected chi connectivity index (χ3v) is 4.67. The van der Waals surface area contributed by atoms with Crippen LogP contribution in [0.2, 0.25) is 0 Å². The molecule has 4 aromatic carbocycles. The summed E-state index contributed by atoms with van der Waals surface area (Å²) in [7, 11) is -2.13. The standard InChI is InChI=1S/C24H18BFO3/c26-24-21(29-25(27)28)16-20(17-10-4-1-5-11-17)22(18-12-6-2-7-13-18)23(24)19-14-8-3-9-15-19/h1-16,27-28H. The summed E-state index contributed by atoms with van der Waals surface area (Å²) in [5, 5.41) is 18.6. The third kappa shape index (κ3) is 3.92. The van der Waals surface area contributed by atoms with Gasteiger partial charge in [0.1, 0.15) is 5.75 Å². The van der Waals surface area contributed by atoms with Crippen LogP contribution < -0.4 is 4.65 Å². The Morgan fingerprint density at radius 3 is 1.55 bits per heavy atom. The molecule has 0 amide bonds. The van der Waals surface area contributed by atoms with Crippen LogP contribution >= 0.6 is 0 Å². The van der Waals surface area contributed by atoms with Gasteiger partial charge in [0.25, 0.3) is 0 Å². The molecule has 0 aromatic heterocycles. The van der Waals surface area contributed by atoms with E-state index in [1.165, 1.54) is 6.07 Å². The van der Waals surface area contributed by atoms with E-state index in [9.17, 15) is 10.0 Å². The molecule has 0 aliphatic carbocycles. The summed E-state index contributed by atoms with van der Waals surface area (Å²) < 4.78 is 20.6. The van der Waals surface area contributed by atoms with E-state index in [-0.39, 0.29) is 5.75 Å². The van der Waals surface area contributed by atoms with Crippen molar-refractivity contribution in [1.82, 2.24) is 0 Å². The van der Waals surface area contributed by atoms with E-state index in [0.29, 0.717) is 16.7 Å². The molecule has 0 fully saturated rings. The third-order valence-electron chi connectivity index (χ3n) is 4.67. The molecule has 0 unspecified atom stereocenters. The number of hydrogen-bond acceptors (Lipinski definition) is 3. The van der Waals surface area contributed by atoms with Crippen LogP contribution in [0.1, 0.15) is 0 Å². The molecule has 0 spiro atoms. The van der Waals surface area contributed by atoms with Crippen molar-refractivity contribution in [2.75, 3.05) is 0 Å². The molecule has 0 saturated heterocycles.